The summed E-state index contributed by atoms with van der Waals surface area (Å²) >= 11 is 0. The molecular formula is C26H34F2O5. The molecule has 0 radical (unpaired) electrons. The molecule has 0 saturated heterocycles. The van der Waals surface area contributed by atoms with Crippen LogP contribution < -0.4 is 0 Å². The van der Waals surface area contributed by atoms with Gasteiger partial charge in [-0.3, -0.25) is 9.59 Å². The van der Waals surface area contributed by atoms with Gasteiger partial charge in [-0.15, -0.1) is 0 Å². The van der Waals surface area contributed by atoms with E-state index in [2.05, 4.69) is 6.08 Å². The molecule has 7 heteroatoms. The van der Waals surface area contributed by atoms with Gasteiger partial charge in [-0.25, -0.2) is 0 Å². The summed E-state index contributed by atoms with van der Waals surface area (Å²) in [5.41, 5.74) is 1.28. The molecule has 5 atom stereocenters. The Morgan fingerprint density at radius 3 is 2.79 bits per heavy atom. The number of allylic oxidation sites excluding steroid dienone is 5. The first kappa shape index (κ1) is 25.3. The number of ether oxygens (including phenoxy) is 2. The lowest BCUT2D eigenvalue weighted by Gasteiger charge is -2.26. The predicted molar refractivity (Wildman–Crippen MR) is 121 cm³/mol. The molecule has 0 bridgehead atoms. The Morgan fingerprint density at radius 2 is 2.09 bits per heavy atom. The van der Waals surface area contributed by atoms with Gasteiger partial charge in [-0.1, -0.05) is 37.1 Å². The van der Waals surface area contributed by atoms with Gasteiger partial charge in [0, 0.05) is 18.8 Å². The number of aliphatic carboxylic acids is 1. The van der Waals surface area contributed by atoms with Gasteiger partial charge >= 0.3 is 11.9 Å². The van der Waals surface area contributed by atoms with Crippen LogP contribution in [0.25, 0.3) is 0 Å². The van der Waals surface area contributed by atoms with Gasteiger partial charge in [0.1, 0.15) is 0 Å². The number of alkyl halides is 2. The van der Waals surface area contributed by atoms with Crippen molar-refractivity contribution < 1.29 is 33.0 Å². The maximum absolute atomic E-state index is 14.2. The van der Waals surface area contributed by atoms with Crippen molar-refractivity contribution in [3.05, 3.63) is 48.3 Å². The average molecular weight is 465 g/mol. The van der Waals surface area contributed by atoms with Gasteiger partial charge in [0.2, 0.25) is 12.1 Å². The molecule has 0 amide bonds. The first-order chi connectivity index (χ1) is 15.8. The van der Waals surface area contributed by atoms with Crippen molar-refractivity contribution in [2.24, 2.45) is 17.8 Å². The van der Waals surface area contributed by atoms with Crippen molar-refractivity contribution >= 4 is 11.8 Å². The van der Waals surface area contributed by atoms with E-state index in [-0.39, 0.29) is 24.4 Å². The van der Waals surface area contributed by atoms with Crippen molar-refractivity contribution in [2.45, 2.75) is 83.0 Å². The van der Waals surface area contributed by atoms with Crippen LogP contribution in [-0.2, 0) is 19.1 Å². The third-order valence-corrected chi connectivity index (χ3v) is 6.77. The highest BCUT2D eigenvalue weighted by molar-refractivity contribution is 5.95. The summed E-state index contributed by atoms with van der Waals surface area (Å²) < 4.78 is 40.0. The van der Waals surface area contributed by atoms with E-state index in [0.29, 0.717) is 25.2 Å². The lowest BCUT2D eigenvalue weighted by atomic mass is 9.90. The van der Waals surface area contributed by atoms with Crippen LogP contribution >= 0.6 is 0 Å². The summed E-state index contributed by atoms with van der Waals surface area (Å²) in [6.07, 6.45) is 15.5. The number of halogens is 2. The normalized spacial score (nSPS) is 30.2. The summed E-state index contributed by atoms with van der Waals surface area (Å²) in [6.45, 7) is 1.82. The second-order valence-corrected chi connectivity index (χ2v) is 9.22. The Kier molecular flexibility index (Phi) is 9.01. The Balaban J connectivity index is 1.68. The number of hydrogen-bond donors (Lipinski definition) is 1. The Hall–Kier alpha value is -2.28. The van der Waals surface area contributed by atoms with Crippen molar-refractivity contribution in [1.82, 2.24) is 0 Å². The first-order valence-corrected chi connectivity index (χ1v) is 11.9. The minimum absolute atomic E-state index is 0.148. The molecule has 3 aliphatic rings. The van der Waals surface area contributed by atoms with Crippen LogP contribution in [0.2, 0.25) is 0 Å². The molecule has 0 aromatic rings. The Morgan fingerprint density at radius 1 is 1.27 bits per heavy atom. The summed E-state index contributed by atoms with van der Waals surface area (Å²) in [5.74, 6) is -4.89. The monoisotopic (exact) mass is 464 g/mol. The van der Waals surface area contributed by atoms with Crippen molar-refractivity contribution in [1.29, 1.82) is 0 Å². The molecule has 0 spiro atoms. The van der Waals surface area contributed by atoms with Gasteiger partial charge in [0.25, 0.3) is 0 Å². The molecule has 1 aliphatic heterocycles. The third-order valence-electron chi connectivity index (χ3n) is 6.77. The van der Waals surface area contributed by atoms with Crippen LogP contribution in [0, 0.1) is 17.8 Å². The maximum Gasteiger partial charge on any atom is 0.309 e. The molecule has 2 saturated carbocycles. The molecule has 1 N–H and O–H groups in total. The maximum atomic E-state index is 14.2. The predicted octanol–water partition coefficient (Wildman–Crippen LogP) is 5.98. The zero-order valence-corrected chi connectivity index (χ0v) is 19.1. The second-order valence-electron chi connectivity index (χ2n) is 9.22. The SMILES string of the molecule is CCCCC(F)(F)C(=O)/C=C/C1[C@H]2C/C(=C/CCCC(=O)O)C[C@H]2C[C@H]1O[C@H]1C=CC=CO1. The second kappa shape index (κ2) is 11.7. The van der Waals surface area contributed by atoms with E-state index in [0.717, 1.165) is 31.8 Å². The third kappa shape index (κ3) is 7.10. The van der Waals surface area contributed by atoms with Crippen molar-refractivity contribution in [3.63, 3.8) is 0 Å². The van der Waals surface area contributed by atoms with Crippen LogP contribution in [0.3, 0.4) is 0 Å². The highest BCUT2D eigenvalue weighted by atomic mass is 19.3. The molecule has 0 aromatic heterocycles. The molecule has 3 rings (SSSR count). The lowest BCUT2D eigenvalue weighted by Crippen LogP contribution is -2.29. The zero-order chi connectivity index (χ0) is 23.8. The van der Waals surface area contributed by atoms with Gasteiger partial charge in [-0.2, -0.15) is 8.78 Å². The fourth-order valence-electron chi connectivity index (χ4n) is 5.08. The molecule has 2 aliphatic carbocycles. The Labute approximate surface area is 194 Å². The minimum atomic E-state index is -3.34. The zero-order valence-electron chi connectivity index (χ0n) is 19.1. The highest BCUT2D eigenvalue weighted by Crippen LogP contribution is 2.52. The van der Waals surface area contributed by atoms with Crippen LogP contribution in [0.15, 0.2) is 48.3 Å². The van der Waals surface area contributed by atoms with Crippen molar-refractivity contribution in [2.75, 3.05) is 0 Å². The summed E-state index contributed by atoms with van der Waals surface area (Å²) in [4.78, 5) is 22.9. The summed E-state index contributed by atoms with van der Waals surface area (Å²) in [6, 6.07) is 0. The molecule has 5 nitrogen and oxygen atoms in total. The van der Waals surface area contributed by atoms with E-state index in [4.69, 9.17) is 14.6 Å². The number of rotatable bonds is 12. The van der Waals surface area contributed by atoms with E-state index in [1.807, 2.05) is 13.0 Å². The van der Waals surface area contributed by atoms with E-state index in [9.17, 15) is 18.4 Å². The Bertz CT molecular complexity index is 813. The van der Waals surface area contributed by atoms with Gasteiger partial charge in [0.05, 0.1) is 12.4 Å². The number of carboxylic acid groups (broad SMARTS) is 1. The number of carboxylic acids is 1. The molecule has 0 aromatic carbocycles. The summed E-state index contributed by atoms with van der Waals surface area (Å²) in [5, 5.41) is 8.80. The van der Waals surface area contributed by atoms with Crippen LogP contribution in [-0.4, -0.2) is 35.2 Å². The molecule has 2 fully saturated rings. The van der Waals surface area contributed by atoms with E-state index in [1.54, 1.807) is 24.5 Å². The number of carbonyl (C=O) groups excluding carboxylic acids is 1. The highest BCUT2D eigenvalue weighted by Gasteiger charge is 2.47. The van der Waals surface area contributed by atoms with E-state index >= 15 is 0 Å². The van der Waals surface area contributed by atoms with E-state index < -0.39 is 30.4 Å². The number of ketones is 1. The molecule has 33 heavy (non-hydrogen) atoms. The smallest absolute Gasteiger partial charge is 0.309 e. The van der Waals surface area contributed by atoms with Crippen LogP contribution in [0.4, 0.5) is 8.78 Å². The quantitative estimate of drug-likeness (QED) is 0.219. The van der Waals surface area contributed by atoms with Crippen LogP contribution in [0.1, 0.15) is 64.7 Å². The summed E-state index contributed by atoms with van der Waals surface area (Å²) in [7, 11) is 0. The van der Waals surface area contributed by atoms with Crippen molar-refractivity contribution in [3.8, 4) is 0 Å². The lowest BCUT2D eigenvalue weighted by molar-refractivity contribution is -0.139. The van der Waals surface area contributed by atoms with Gasteiger partial charge in [-0.05, 0) is 68.6 Å². The number of fused-ring (bicyclic) bond motifs is 1. The fraction of sp³-hybridized carbons (Fsp3) is 0.615. The molecular weight excluding hydrogens is 430 g/mol. The van der Waals surface area contributed by atoms with Gasteiger partial charge in [0.15, 0.2) is 0 Å². The fourth-order valence-corrected chi connectivity index (χ4v) is 5.08. The standard InChI is InChI=1S/C26H34F2O5/c1-2-3-13-26(27,28)23(29)12-11-20-21-16-18(8-4-5-9-24(30)31)15-19(21)17-22(20)33-25-10-6-7-14-32-25/h6-8,10-12,14,19-22,25H,2-5,9,13,15-17H2,1H3,(H,30,31)/b12-11+,18-8+/t19-,20?,21-,22+,25-/m0/s1. The molecule has 1 unspecified atom stereocenters. The largest absolute Gasteiger partial charge is 0.481 e. The first-order valence-electron chi connectivity index (χ1n) is 11.9. The topological polar surface area (TPSA) is 72.8 Å². The molecule has 1 heterocycles. The number of hydrogen-bond acceptors (Lipinski definition) is 4. The number of carbonyl (C=O) groups is 2. The number of unbranched alkanes of at least 4 members (excludes halogenated alkanes) is 2. The molecule has 182 valence electrons. The van der Waals surface area contributed by atoms with Crippen LogP contribution in [0.5, 0.6) is 0 Å². The minimum Gasteiger partial charge on any atom is -0.481 e. The van der Waals surface area contributed by atoms with E-state index in [1.165, 1.54) is 5.57 Å². The average Bonchev–Trinajstić information content (AvgIpc) is 3.31. The van der Waals surface area contributed by atoms with Gasteiger partial charge < -0.3 is 14.6 Å².